The summed E-state index contributed by atoms with van der Waals surface area (Å²) in [4.78, 5) is 15.1. The average molecular weight is 443 g/mol. The molecule has 0 unspecified atom stereocenters. The zero-order chi connectivity index (χ0) is 22.9. The molecule has 6 nitrogen and oxygen atoms in total. The van der Waals surface area contributed by atoms with Gasteiger partial charge in [0.1, 0.15) is 18.2 Å². The van der Waals surface area contributed by atoms with E-state index in [1.54, 1.807) is 26.4 Å². The van der Waals surface area contributed by atoms with E-state index in [1.807, 2.05) is 55.5 Å². The molecule has 5 rings (SSSR count). The van der Waals surface area contributed by atoms with E-state index >= 15 is 0 Å². The summed E-state index contributed by atoms with van der Waals surface area (Å²) in [5.74, 6) is 2.95. The van der Waals surface area contributed by atoms with Gasteiger partial charge in [-0.3, -0.25) is 9.69 Å². The van der Waals surface area contributed by atoms with Crippen LogP contribution in [0.5, 0.6) is 23.0 Å². The number of ketones is 1. The molecular formula is C27H25NO5. The second-order valence-electron chi connectivity index (χ2n) is 8.22. The Labute approximate surface area is 193 Å². The fourth-order valence-electron chi connectivity index (χ4n) is 4.16. The first-order chi connectivity index (χ1) is 16.1. The highest BCUT2D eigenvalue weighted by molar-refractivity contribution is 6.15. The standard InChI is InChI=1S/C27H25NO5/c1-17-4-6-18(7-5-17)12-25-26(29)20-9-11-22-21(27(20)33-25)15-28(16-32-22)14-19-8-10-23(30-2)24(13-19)31-3/h4-13H,14-16H2,1-3H3/b25-12-. The lowest BCUT2D eigenvalue weighted by atomic mass is 10.0. The quantitative estimate of drug-likeness (QED) is 0.519. The third-order valence-electron chi connectivity index (χ3n) is 5.91. The van der Waals surface area contributed by atoms with E-state index in [0.717, 1.165) is 22.4 Å². The van der Waals surface area contributed by atoms with Crippen LogP contribution in [0.4, 0.5) is 0 Å². The second kappa shape index (κ2) is 8.64. The van der Waals surface area contributed by atoms with Crippen molar-refractivity contribution in [3.8, 4) is 23.0 Å². The molecular weight excluding hydrogens is 418 g/mol. The van der Waals surface area contributed by atoms with Crippen LogP contribution in [0.3, 0.4) is 0 Å². The van der Waals surface area contributed by atoms with Gasteiger partial charge in [0.2, 0.25) is 5.78 Å². The molecule has 0 spiro atoms. The first kappa shape index (κ1) is 21.1. The zero-order valence-electron chi connectivity index (χ0n) is 18.9. The van der Waals surface area contributed by atoms with E-state index in [9.17, 15) is 4.79 Å². The number of Topliss-reactive ketones (excluding diaryl/α,β-unsaturated/α-hetero) is 1. The lowest BCUT2D eigenvalue weighted by Crippen LogP contribution is -2.31. The summed E-state index contributed by atoms with van der Waals surface area (Å²) in [7, 11) is 3.25. The molecule has 2 aliphatic rings. The van der Waals surface area contributed by atoms with Crippen molar-refractivity contribution >= 4 is 11.9 Å². The fraction of sp³-hybridized carbons (Fsp3) is 0.222. The minimum absolute atomic E-state index is 0.106. The van der Waals surface area contributed by atoms with Crippen molar-refractivity contribution in [2.24, 2.45) is 0 Å². The van der Waals surface area contributed by atoms with Gasteiger partial charge in [-0.05, 0) is 48.4 Å². The van der Waals surface area contributed by atoms with Gasteiger partial charge in [-0.1, -0.05) is 35.9 Å². The van der Waals surface area contributed by atoms with E-state index < -0.39 is 0 Å². The third-order valence-corrected chi connectivity index (χ3v) is 5.91. The number of ether oxygens (including phenoxy) is 4. The number of hydrogen-bond donors (Lipinski definition) is 0. The Kier molecular flexibility index (Phi) is 5.52. The Hall–Kier alpha value is -3.77. The van der Waals surface area contributed by atoms with Gasteiger partial charge in [0, 0.05) is 13.1 Å². The number of hydrogen-bond acceptors (Lipinski definition) is 6. The van der Waals surface area contributed by atoms with Crippen molar-refractivity contribution in [3.63, 3.8) is 0 Å². The van der Waals surface area contributed by atoms with Crippen molar-refractivity contribution in [2.75, 3.05) is 21.0 Å². The molecule has 6 heteroatoms. The van der Waals surface area contributed by atoms with Gasteiger partial charge in [-0.2, -0.15) is 0 Å². The molecule has 0 aliphatic carbocycles. The number of carbonyl (C=O) groups excluding carboxylic acids is 1. The number of nitrogens with zero attached hydrogens (tertiary/aromatic N) is 1. The number of benzene rings is 3. The molecule has 2 heterocycles. The maximum Gasteiger partial charge on any atom is 0.231 e. The Morgan fingerprint density at radius 1 is 1.00 bits per heavy atom. The van der Waals surface area contributed by atoms with Crippen LogP contribution in [0.15, 0.2) is 60.4 Å². The lowest BCUT2D eigenvalue weighted by Gasteiger charge is -2.29. The summed E-state index contributed by atoms with van der Waals surface area (Å²) in [6.45, 7) is 3.74. The maximum absolute atomic E-state index is 13.0. The molecule has 0 fully saturated rings. The van der Waals surface area contributed by atoms with E-state index in [-0.39, 0.29) is 5.78 Å². The predicted octanol–water partition coefficient (Wildman–Crippen LogP) is 4.98. The third kappa shape index (κ3) is 4.05. The summed E-state index contributed by atoms with van der Waals surface area (Å²) in [6.07, 6.45) is 1.79. The Balaban J connectivity index is 1.39. The molecule has 0 bridgehead atoms. The van der Waals surface area contributed by atoms with Crippen LogP contribution in [-0.2, 0) is 13.1 Å². The summed E-state index contributed by atoms with van der Waals surface area (Å²) < 4.78 is 22.8. The molecule has 33 heavy (non-hydrogen) atoms. The maximum atomic E-state index is 13.0. The number of allylic oxidation sites excluding steroid dienone is 1. The summed E-state index contributed by atoms with van der Waals surface area (Å²) in [5.41, 5.74) is 4.63. The summed E-state index contributed by atoms with van der Waals surface area (Å²) >= 11 is 0. The van der Waals surface area contributed by atoms with Crippen molar-refractivity contribution < 1.29 is 23.7 Å². The minimum Gasteiger partial charge on any atom is -0.493 e. The average Bonchev–Trinajstić information content (AvgIpc) is 3.16. The Morgan fingerprint density at radius 2 is 1.79 bits per heavy atom. The number of methoxy groups -OCH3 is 2. The molecule has 0 N–H and O–H groups in total. The first-order valence-electron chi connectivity index (χ1n) is 10.8. The van der Waals surface area contributed by atoms with Crippen LogP contribution < -0.4 is 18.9 Å². The van der Waals surface area contributed by atoms with Gasteiger partial charge in [0.25, 0.3) is 0 Å². The molecule has 0 saturated carbocycles. The molecule has 0 atom stereocenters. The summed E-state index contributed by atoms with van der Waals surface area (Å²) in [5, 5.41) is 0. The molecule has 2 aliphatic heterocycles. The van der Waals surface area contributed by atoms with Crippen molar-refractivity contribution in [1.82, 2.24) is 4.90 Å². The number of rotatable bonds is 5. The number of aryl methyl sites for hydroxylation is 1. The Morgan fingerprint density at radius 3 is 2.55 bits per heavy atom. The van der Waals surface area contributed by atoms with Gasteiger partial charge in [0.15, 0.2) is 17.3 Å². The van der Waals surface area contributed by atoms with Crippen LogP contribution in [-0.4, -0.2) is 31.6 Å². The van der Waals surface area contributed by atoms with Crippen molar-refractivity contribution in [3.05, 3.63) is 88.2 Å². The highest BCUT2D eigenvalue weighted by Crippen LogP contribution is 2.42. The molecule has 3 aromatic carbocycles. The highest BCUT2D eigenvalue weighted by Gasteiger charge is 2.33. The monoisotopic (exact) mass is 443 g/mol. The van der Waals surface area contributed by atoms with Crippen LogP contribution in [0, 0.1) is 6.92 Å². The molecule has 3 aromatic rings. The van der Waals surface area contributed by atoms with E-state index in [1.165, 1.54) is 5.56 Å². The largest absolute Gasteiger partial charge is 0.493 e. The molecule has 168 valence electrons. The van der Waals surface area contributed by atoms with Crippen molar-refractivity contribution in [2.45, 2.75) is 20.0 Å². The minimum atomic E-state index is -0.106. The van der Waals surface area contributed by atoms with E-state index in [4.69, 9.17) is 18.9 Å². The second-order valence-corrected chi connectivity index (χ2v) is 8.22. The molecule has 0 aromatic heterocycles. The lowest BCUT2D eigenvalue weighted by molar-refractivity contribution is 0.0872. The predicted molar refractivity (Wildman–Crippen MR) is 125 cm³/mol. The topological polar surface area (TPSA) is 57.2 Å². The van der Waals surface area contributed by atoms with Gasteiger partial charge in [0.05, 0.1) is 25.3 Å². The number of carbonyl (C=O) groups is 1. The van der Waals surface area contributed by atoms with Crippen LogP contribution >= 0.6 is 0 Å². The smallest absolute Gasteiger partial charge is 0.231 e. The van der Waals surface area contributed by atoms with Gasteiger partial charge < -0.3 is 18.9 Å². The van der Waals surface area contributed by atoms with Gasteiger partial charge in [-0.15, -0.1) is 0 Å². The normalized spacial score (nSPS) is 16.1. The zero-order valence-corrected chi connectivity index (χ0v) is 18.9. The van der Waals surface area contributed by atoms with Crippen molar-refractivity contribution in [1.29, 1.82) is 0 Å². The van der Waals surface area contributed by atoms with Gasteiger partial charge >= 0.3 is 0 Å². The molecule has 0 amide bonds. The van der Waals surface area contributed by atoms with Crippen LogP contribution in [0.1, 0.15) is 32.6 Å². The first-order valence-corrected chi connectivity index (χ1v) is 10.8. The molecule has 0 saturated heterocycles. The Bertz CT molecular complexity index is 1250. The van der Waals surface area contributed by atoms with Crippen LogP contribution in [0.2, 0.25) is 0 Å². The van der Waals surface area contributed by atoms with Crippen LogP contribution in [0.25, 0.3) is 6.08 Å². The molecule has 0 radical (unpaired) electrons. The van der Waals surface area contributed by atoms with Gasteiger partial charge in [-0.25, -0.2) is 0 Å². The van der Waals surface area contributed by atoms with E-state index in [0.29, 0.717) is 48.4 Å². The number of fused-ring (bicyclic) bond motifs is 3. The highest BCUT2D eigenvalue weighted by atomic mass is 16.5. The summed E-state index contributed by atoms with van der Waals surface area (Å²) in [6, 6.07) is 17.5. The SMILES string of the molecule is COc1ccc(CN2COc3ccc4c(c3C2)O/C(=C\c2ccc(C)cc2)C4=O)cc1OC. The van der Waals surface area contributed by atoms with E-state index in [2.05, 4.69) is 4.90 Å². The fourth-order valence-corrected chi connectivity index (χ4v) is 4.16.